The van der Waals surface area contributed by atoms with Crippen molar-refractivity contribution in [3.63, 3.8) is 0 Å². The monoisotopic (exact) mass is 412 g/mol. The summed E-state index contributed by atoms with van der Waals surface area (Å²) in [7, 11) is 0. The number of hydrogen-bond acceptors (Lipinski definition) is 2. The lowest BCUT2D eigenvalue weighted by atomic mass is 9.87. The highest BCUT2D eigenvalue weighted by molar-refractivity contribution is 5.89. The van der Waals surface area contributed by atoms with Crippen molar-refractivity contribution in [2.75, 3.05) is 18.4 Å². The van der Waals surface area contributed by atoms with E-state index in [1.807, 2.05) is 6.92 Å². The number of alkyl halides is 6. The molecule has 10 heteroatoms. The number of nitrogens with zero attached hydrogens (tertiary/aromatic N) is 1. The fourth-order valence-electron chi connectivity index (χ4n) is 3.11. The molecule has 1 heterocycles. The standard InChI is InChI=1S/C18H22F6N2O2/c1-2-3-4-16(28)5-7-26(8-6-16)15(27)25-14-10-12(17(19,20)21)9-13(11-14)18(22,23)24/h9-11,28H,2-8H2,1H3,(H,25,27). The third-order valence-corrected chi connectivity index (χ3v) is 4.82. The zero-order valence-electron chi connectivity index (χ0n) is 15.3. The average Bonchev–Trinajstić information content (AvgIpc) is 2.59. The maximum absolute atomic E-state index is 12.9. The lowest BCUT2D eigenvalue weighted by molar-refractivity contribution is -0.143. The van der Waals surface area contributed by atoms with Crippen LogP contribution in [-0.4, -0.2) is 34.7 Å². The van der Waals surface area contributed by atoms with Crippen LogP contribution < -0.4 is 5.32 Å². The Morgan fingerprint density at radius 3 is 2.00 bits per heavy atom. The summed E-state index contributed by atoms with van der Waals surface area (Å²) >= 11 is 0. The van der Waals surface area contributed by atoms with E-state index in [0.29, 0.717) is 31.4 Å². The molecule has 0 radical (unpaired) electrons. The number of likely N-dealkylation sites (tertiary alicyclic amines) is 1. The fourth-order valence-corrected chi connectivity index (χ4v) is 3.11. The molecule has 2 N–H and O–H groups in total. The van der Waals surface area contributed by atoms with Gasteiger partial charge in [-0.15, -0.1) is 0 Å². The van der Waals surface area contributed by atoms with Crippen LogP contribution in [0.3, 0.4) is 0 Å². The lowest BCUT2D eigenvalue weighted by Gasteiger charge is -2.38. The van der Waals surface area contributed by atoms with Crippen LogP contribution >= 0.6 is 0 Å². The van der Waals surface area contributed by atoms with Crippen LogP contribution in [-0.2, 0) is 12.4 Å². The van der Waals surface area contributed by atoms with Gasteiger partial charge in [-0.3, -0.25) is 0 Å². The highest BCUT2D eigenvalue weighted by Crippen LogP contribution is 2.37. The smallest absolute Gasteiger partial charge is 0.390 e. The molecular weight excluding hydrogens is 390 g/mol. The van der Waals surface area contributed by atoms with Crippen LogP contribution in [0.15, 0.2) is 18.2 Å². The van der Waals surface area contributed by atoms with Crippen LogP contribution in [0.5, 0.6) is 0 Å². The van der Waals surface area contributed by atoms with Gasteiger partial charge >= 0.3 is 18.4 Å². The van der Waals surface area contributed by atoms with Crippen LogP contribution in [0.1, 0.15) is 50.2 Å². The second-order valence-corrected chi connectivity index (χ2v) is 7.04. The SMILES string of the molecule is CCCCC1(O)CCN(C(=O)Nc2cc(C(F)(F)F)cc(C(F)(F)F)c2)CC1. The van der Waals surface area contributed by atoms with E-state index in [-0.39, 0.29) is 19.2 Å². The van der Waals surface area contributed by atoms with E-state index in [1.165, 1.54) is 4.90 Å². The summed E-state index contributed by atoms with van der Waals surface area (Å²) < 4.78 is 77.4. The molecule has 1 aliphatic heterocycles. The number of unbranched alkanes of at least 4 members (excludes halogenated alkanes) is 1. The highest BCUT2D eigenvalue weighted by atomic mass is 19.4. The van der Waals surface area contributed by atoms with Crippen LogP contribution in [0.4, 0.5) is 36.8 Å². The number of aliphatic hydroxyl groups is 1. The van der Waals surface area contributed by atoms with Gasteiger partial charge in [-0.25, -0.2) is 4.79 Å². The number of hydrogen-bond donors (Lipinski definition) is 2. The molecule has 0 atom stereocenters. The number of nitrogens with one attached hydrogen (secondary N) is 1. The number of rotatable bonds is 4. The zero-order chi connectivity index (χ0) is 21.2. The van der Waals surface area contributed by atoms with Gasteiger partial charge in [0.1, 0.15) is 0 Å². The predicted molar refractivity (Wildman–Crippen MR) is 90.7 cm³/mol. The molecule has 2 rings (SSSR count). The van der Waals surface area contributed by atoms with Gasteiger partial charge in [-0.05, 0) is 37.5 Å². The molecule has 0 bridgehead atoms. The van der Waals surface area contributed by atoms with Crippen molar-refractivity contribution in [1.29, 1.82) is 0 Å². The van der Waals surface area contributed by atoms with Crippen molar-refractivity contribution in [2.24, 2.45) is 0 Å². The Bertz CT molecular complexity index is 662. The van der Waals surface area contributed by atoms with Crippen LogP contribution in [0, 0.1) is 0 Å². The molecule has 0 spiro atoms. The Kier molecular flexibility index (Phi) is 6.52. The third kappa shape index (κ3) is 5.76. The average molecular weight is 412 g/mol. The number of benzene rings is 1. The first-order valence-electron chi connectivity index (χ1n) is 8.92. The summed E-state index contributed by atoms with van der Waals surface area (Å²) in [5.41, 5.74) is -4.47. The van der Waals surface area contributed by atoms with Crippen molar-refractivity contribution < 1.29 is 36.2 Å². The van der Waals surface area contributed by atoms with Gasteiger partial charge in [0.05, 0.1) is 16.7 Å². The second-order valence-electron chi connectivity index (χ2n) is 7.04. The second kappa shape index (κ2) is 8.18. The molecule has 4 nitrogen and oxygen atoms in total. The number of urea groups is 1. The van der Waals surface area contributed by atoms with Crippen molar-refractivity contribution in [2.45, 2.75) is 57.0 Å². The minimum Gasteiger partial charge on any atom is -0.390 e. The van der Waals surface area contributed by atoms with Gasteiger partial charge in [0.25, 0.3) is 0 Å². The van der Waals surface area contributed by atoms with Crippen molar-refractivity contribution >= 4 is 11.7 Å². The number of piperidine rings is 1. The third-order valence-electron chi connectivity index (χ3n) is 4.82. The number of anilines is 1. The lowest BCUT2D eigenvalue weighted by Crippen LogP contribution is -2.48. The Labute approximate surface area is 158 Å². The predicted octanol–water partition coefficient (Wildman–Crippen LogP) is 5.27. The topological polar surface area (TPSA) is 52.6 Å². The maximum atomic E-state index is 12.9. The van der Waals surface area contributed by atoms with Crippen molar-refractivity contribution in [3.8, 4) is 0 Å². The Morgan fingerprint density at radius 2 is 1.57 bits per heavy atom. The minimum atomic E-state index is -4.98. The molecule has 1 saturated heterocycles. The zero-order valence-corrected chi connectivity index (χ0v) is 15.3. The summed E-state index contributed by atoms with van der Waals surface area (Å²) in [4.78, 5) is 13.6. The van der Waals surface area contributed by atoms with Gasteiger partial charge in [0, 0.05) is 18.8 Å². The van der Waals surface area contributed by atoms with E-state index < -0.39 is 40.8 Å². The summed E-state index contributed by atoms with van der Waals surface area (Å²) in [5.74, 6) is 0. The number of carbonyl (C=O) groups is 1. The molecule has 1 aromatic rings. The molecule has 28 heavy (non-hydrogen) atoms. The molecule has 0 aliphatic carbocycles. The molecule has 1 aromatic carbocycles. The molecule has 1 fully saturated rings. The molecule has 0 unspecified atom stereocenters. The first-order valence-corrected chi connectivity index (χ1v) is 8.92. The molecule has 158 valence electrons. The van der Waals surface area contributed by atoms with Gasteiger partial charge in [-0.1, -0.05) is 19.8 Å². The molecule has 0 saturated carbocycles. The van der Waals surface area contributed by atoms with Crippen LogP contribution in [0.25, 0.3) is 0 Å². The number of amides is 2. The number of carbonyl (C=O) groups excluding carboxylic acids is 1. The fraction of sp³-hybridized carbons (Fsp3) is 0.611. The summed E-state index contributed by atoms with van der Waals surface area (Å²) in [6, 6.07) is 0.137. The van der Waals surface area contributed by atoms with Gasteiger partial charge in [0.2, 0.25) is 0 Å². The summed E-state index contributed by atoms with van der Waals surface area (Å²) in [5, 5.41) is 12.5. The first-order chi connectivity index (χ1) is 12.8. The summed E-state index contributed by atoms with van der Waals surface area (Å²) in [6.07, 6.45) is -7.05. The Morgan fingerprint density at radius 1 is 1.07 bits per heavy atom. The van der Waals surface area contributed by atoms with Gasteiger partial charge < -0.3 is 15.3 Å². The minimum absolute atomic E-state index is 0.00436. The quantitative estimate of drug-likeness (QED) is 0.662. The van der Waals surface area contributed by atoms with E-state index in [4.69, 9.17) is 0 Å². The molecule has 2 amide bonds. The van der Waals surface area contributed by atoms with E-state index in [2.05, 4.69) is 5.32 Å². The van der Waals surface area contributed by atoms with Crippen molar-refractivity contribution in [1.82, 2.24) is 4.90 Å². The Hall–Kier alpha value is -1.97. The van der Waals surface area contributed by atoms with Crippen LogP contribution in [0.2, 0.25) is 0 Å². The maximum Gasteiger partial charge on any atom is 0.416 e. The molecule has 0 aromatic heterocycles. The molecular formula is C18H22F6N2O2. The van der Waals surface area contributed by atoms with E-state index in [0.717, 1.165) is 12.8 Å². The van der Waals surface area contributed by atoms with Gasteiger partial charge in [-0.2, -0.15) is 26.3 Å². The van der Waals surface area contributed by atoms with E-state index in [9.17, 15) is 36.2 Å². The van der Waals surface area contributed by atoms with E-state index >= 15 is 0 Å². The summed E-state index contributed by atoms with van der Waals surface area (Å²) in [6.45, 7) is 2.31. The molecule has 1 aliphatic rings. The first kappa shape index (κ1) is 22.3. The Balaban J connectivity index is 2.12. The number of halogens is 6. The van der Waals surface area contributed by atoms with Crippen molar-refractivity contribution in [3.05, 3.63) is 29.3 Å². The van der Waals surface area contributed by atoms with E-state index in [1.54, 1.807) is 0 Å². The highest BCUT2D eigenvalue weighted by Gasteiger charge is 2.38. The normalized spacial score (nSPS) is 17.5. The largest absolute Gasteiger partial charge is 0.416 e. The van der Waals surface area contributed by atoms with Gasteiger partial charge in [0.15, 0.2) is 0 Å².